The Balaban J connectivity index is 1.81. The smallest absolute Gasteiger partial charge is 0.0875 e. The van der Waals surface area contributed by atoms with E-state index >= 15 is 0 Å². The molecule has 0 saturated heterocycles. The van der Waals surface area contributed by atoms with Crippen molar-refractivity contribution in [2.45, 2.75) is 56.6 Å². The van der Waals surface area contributed by atoms with E-state index < -0.39 is 5.60 Å². The number of anilines is 1. The van der Waals surface area contributed by atoms with Crippen LogP contribution in [-0.2, 0) is 0 Å². The maximum absolute atomic E-state index is 11.1. The summed E-state index contributed by atoms with van der Waals surface area (Å²) in [4.78, 5) is 0. The molecule has 0 bridgehead atoms. The second-order valence-corrected chi connectivity index (χ2v) is 6.45. The van der Waals surface area contributed by atoms with E-state index in [2.05, 4.69) is 5.32 Å². The number of aliphatic hydroxyl groups is 1. The standard InChI is InChI=1S/C16H22ClNO/c17-13-8-1-2-9-14(13)18-15-10-5-7-12-6-3-4-11-16(12,15)19/h1-2,8-9,12,15,18-19H,3-7,10-11H2/t12-,15-,16+/m1/s1. The Labute approximate surface area is 120 Å². The first-order valence-electron chi connectivity index (χ1n) is 7.43. The number of hydrogen-bond acceptors (Lipinski definition) is 2. The molecule has 1 aromatic rings. The van der Waals surface area contributed by atoms with Crippen LogP contribution in [0.2, 0.25) is 5.02 Å². The molecule has 0 aliphatic heterocycles. The molecule has 0 unspecified atom stereocenters. The van der Waals surface area contributed by atoms with E-state index in [0.717, 1.165) is 30.0 Å². The van der Waals surface area contributed by atoms with Crippen molar-refractivity contribution in [3.63, 3.8) is 0 Å². The summed E-state index contributed by atoms with van der Waals surface area (Å²) in [6.07, 6.45) is 7.95. The zero-order chi connectivity index (χ0) is 13.3. The molecule has 0 amide bonds. The summed E-state index contributed by atoms with van der Waals surface area (Å²) in [5.74, 6) is 0.468. The van der Waals surface area contributed by atoms with Gasteiger partial charge in [0.1, 0.15) is 0 Å². The normalized spacial score (nSPS) is 34.6. The Kier molecular flexibility index (Phi) is 3.72. The van der Waals surface area contributed by atoms with Gasteiger partial charge in [-0.3, -0.25) is 0 Å². The Morgan fingerprint density at radius 1 is 1.11 bits per heavy atom. The van der Waals surface area contributed by atoms with Crippen molar-refractivity contribution in [3.8, 4) is 0 Å². The molecule has 0 spiro atoms. The van der Waals surface area contributed by atoms with Crippen molar-refractivity contribution in [2.24, 2.45) is 5.92 Å². The first-order chi connectivity index (χ1) is 9.20. The topological polar surface area (TPSA) is 32.3 Å². The van der Waals surface area contributed by atoms with Gasteiger partial charge in [-0.2, -0.15) is 0 Å². The lowest BCUT2D eigenvalue weighted by Gasteiger charge is -2.49. The fourth-order valence-corrected chi connectivity index (χ4v) is 4.08. The lowest BCUT2D eigenvalue weighted by Crippen LogP contribution is -2.56. The van der Waals surface area contributed by atoms with Gasteiger partial charge in [-0.25, -0.2) is 0 Å². The van der Waals surface area contributed by atoms with Crippen LogP contribution in [0.4, 0.5) is 5.69 Å². The summed E-state index contributed by atoms with van der Waals surface area (Å²) < 4.78 is 0. The molecule has 1 aromatic carbocycles. The van der Waals surface area contributed by atoms with Crippen LogP contribution < -0.4 is 5.32 Å². The van der Waals surface area contributed by atoms with E-state index in [1.807, 2.05) is 24.3 Å². The lowest BCUT2D eigenvalue weighted by atomic mass is 9.65. The average molecular weight is 280 g/mol. The van der Waals surface area contributed by atoms with E-state index in [0.29, 0.717) is 5.92 Å². The molecule has 3 atom stereocenters. The minimum atomic E-state index is -0.532. The molecule has 2 aliphatic rings. The third-order valence-corrected chi connectivity index (χ3v) is 5.27. The molecule has 2 N–H and O–H groups in total. The largest absolute Gasteiger partial charge is 0.387 e. The number of benzene rings is 1. The van der Waals surface area contributed by atoms with E-state index in [4.69, 9.17) is 11.6 Å². The van der Waals surface area contributed by atoms with E-state index in [1.54, 1.807) is 0 Å². The molecular formula is C16H22ClNO. The molecule has 0 radical (unpaired) electrons. The van der Waals surface area contributed by atoms with Gasteiger partial charge in [-0.15, -0.1) is 0 Å². The fraction of sp³-hybridized carbons (Fsp3) is 0.625. The summed E-state index contributed by atoms with van der Waals surface area (Å²) in [6.45, 7) is 0. The molecule has 2 fully saturated rings. The monoisotopic (exact) mass is 279 g/mol. The summed E-state index contributed by atoms with van der Waals surface area (Å²) >= 11 is 6.22. The van der Waals surface area contributed by atoms with Gasteiger partial charge in [0.2, 0.25) is 0 Å². The second kappa shape index (κ2) is 5.34. The van der Waals surface area contributed by atoms with Gasteiger partial charge < -0.3 is 10.4 Å². The number of halogens is 1. The van der Waals surface area contributed by atoms with Gasteiger partial charge in [0, 0.05) is 0 Å². The van der Waals surface area contributed by atoms with Gasteiger partial charge in [-0.05, 0) is 43.7 Å². The van der Waals surface area contributed by atoms with Gasteiger partial charge in [0.25, 0.3) is 0 Å². The lowest BCUT2D eigenvalue weighted by molar-refractivity contribution is -0.0835. The molecule has 3 rings (SSSR count). The van der Waals surface area contributed by atoms with Crippen LogP contribution in [0, 0.1) is 5.92 Å². The van der Waals surface area contributed by atoms with E-state index in [-0.39, 0.29) is 6.04 Å². The van der Waals surface area contributed by atoms with Crippen LogP contribution in [0.15, 0.2) is 24.3 Å². The Morgan fingerprint density at radius 3 is 2.74 bits per heavy atom. The zero-order valence-corrected chi connectivity index (χ0v) is 12.0. The van der Waals surface area contributed by atoms with E-state index in [1.165, 1.54) is 25.7 Å². The van der Waals surface area contributed by atoms with E-state index in [9.17, 15) is 5.11 Å². The maximum Gasteiger partial charge on any atom is 0.0875 e. The van der Waals surface area contributed by atoms with Gasteiger partial charge >= 0.3 is 0 Å². The number of hydrogen-bond donors (Lipinski definition) is 2. The third kappa shape index (κ3) is 2.48. The second-order valence-electron chi connectivity index (χ2n) is 6.04. The number of rotatable bonds is 2. The molecule has 0 heterocycles. The minimum Gasteiger partial charge on any atom is -0.387 e. The maximum atomic E-state index is 11.1. The highest BCUT2D eigenvalue weighted by Crippen LogP contribution is 2.45. The summed E-state index contributed by atoms with van der Waals surface area (Å²) in [5.41, 5.74) is 0.421. The Morgan fingerprint density at radius 2 is 1.89 bits per heavy atom. The Hall–Kier alpha value is -0.730. The van der Waals surface area contributed by atoms with Crippen LogP contribution in [0.5, 0.6) is 0 Å². The van der Waals surface area contributed by atoms with Crippen molar-refractivity contribution in [1.82, 2.24) is 0 Å². The highest BCUT2D eigenvalue weighted by atomic mass is 35.5. The molecule has 2 aliphatic carbocycles. The number of fused-ring (bicyclic) bond motifs is 1. The molecular weight excluding hydrogens is 258 g/mol. The average Bonchev–Trinajstić information content (AvgIpc) is 2.42. The SMILES string of the molecule is O[C@@]12CCCC[C@@H]1CCC[C@H]2Nc1ccccc1Cl. The zero-order valence-electron chi connectivity index (χ0n) is 11.2. The van der Waals surface area contributed by atoms with Crippen LogP contribution in [-0.4, -0.2) is 16.7 Å². The van der Waals surface area contributed by atoms with Crippen molar-refractivity contribution in [1.29, 1.82) is 0 Å². The van der Waals surface area contributed by atoms with Gasteiger partial charge in [0.05, 0.1) is 22.4 Å². The highest BCUT2D eigenvalue weighted by molar-refractivity contribution is 6.33. The quantitative estimate of drug-likeness (QED) is 0.849. The number of nitrogens with one attached hydrogen (secondary N) is 1. The summed E-state index contributed by atoms with van der Waals surface area (Å²) in [7, 11) is 0. The van der Waals surface area contributed by atoms with Crippen molar-refractivity contribution in [3.05, 3.63) is 29.3 Å². The first-order valence-corrected chi connectivity index (χ1v) is 7.81. The van der Waals surface area contributed by atoms with Crippen LogP contribution in [0.3, 0.4) is 0 Å². The van der Waals surface area contributed by atoms with Crippen LogP contribution in [0.1, 0.15) is 44.9 Å². The Bertz CT molecular complexity index is 448. The van der Waals surface area contributed by atoms with Crippen molar-refractivity contribution < 1.29 is 5.11 Å². The van der Waals surface area contributed by atoms with Crippen LogP contribution >= 0.6 is 11.6 Å². The summed E-state index contributed by atoms with van der Waals surface area (Å²) in [5, 5.41) is 15.3. The highest BCUT2D eigenvalue weighted by Gasteiger charge is 2.47. The molecule has 2 saturated carbocycles. The third-order valence-electron chi connectivity index (χ3n) is 4.94. The molecule has 19 heavy (non-hydrogen) atoms. The van der Waals surface area contributed by atoms with Crippen molar-refractivity contribution in [2.75, 3.05) is 5.32 Å². The first kappa shape index (κ1) is 13.3. The number of para-hydroxylation sites is 1. The predicted molar refractivity (Wildman–Crippen MR) is 79.6 cm³/mol. The van der Waals surface area contributed by atoms with Crippen LogP contribution in [0.25, 0.3) is 0 Å². The molecule has 2 nitrogen and oxygen atoms in total. The molecule has 0 aromatic heterocycles. The molecule has 3 heteroatoms. The predicted octanol–water partition coefficient (Wildman–Crippen LogP) is 4.23. The van der Waals surface area contributed by atoms with Gasteiger partial charge in [-0.1, -0.05) is 43.0 Å². The van der Waals surface area contributed by atoms with Crippen molar-refractivity contribution >= 4 is 17.3 Å². The summed E-state index contributed by atoms with van der Waals surface area (Å²) in [6, 6.07) is 7.96. The fourth-order valence-electron chi connectivity index (χ4n) is 3.89. The van der Waals surface area contributed by atoms with Gasteiger partial charge in [0.15, 0.2) is 0 Å². The molecule has 104 valence electrons. The minimum absolute atomic E-state index is 0.145.